The number of hydrogen-bond donors (Lipinski definition) is 2. The number of ether oxygens (including phenoxy) is 1. The van der Waals surface area contributed by atoms with Crippen LogP contribution >= 0.6 is 15.9 Å². The van der Waals surface area contributed by atoms with Crippen LogP contribution in [0.5, 0.6) is 11.5 Å². The van der Waals surface area contributed by atoms with Gasteiger partial charge in [-0.1, -0.05) is 11.2 Å². The maximum absolute atomic E-state index is 8.69. The van der Waals surface area contributed by atoms with E-state index in [1.165, 1.54) is 17.5 Å². The first kappa shape index (κ1) is 13.9. The van der Waals surface area contributed by atoms with E-state index < -0.39 is 0 Å². The van der Waals surface area contributed by atoms with Crippen LogP contribution in [0.1, 0.15) is 23.1 Å². The molecule has 0 amide bonds. The number of fused-ring (bicyclic) bond motifs is 1. The second kappa shape index (κ2) is 5.77. The third-order valence-electron chi connectivity index (χ3n) is 3.63. The van der Waals surface area contributed by atoms with Gasteiger partial charge in [-0.3, -0.25) is 0 Å². The number of oxime groups is 1. The van der Waals surface area contributed by atoms with Gasteiger partial charge in [0.2, 0.25) is 0 Å². The van der Waals surface area contributed by atoms with Crippen LogP contribution in [0.25, 0.3) is 0 Å². The van der Waals surface area contributed by atoms with Crippen molar-refractivity contribution in [1.82, 2.24) is 0 Å². The average Bonchev–Trinajstić information content (AvgIpc) is 2.96. The molecular weight excluding hydrogens is 332 g/mol. The smallest absolute Gasteiger partial charge is 0.170 e. The lowest BCUT2D eigenvalue weighted by Gasteiger charge is -2.10. The number of halogens is 1. The normalized spacial score (nSPS) is 14.0. The first-order chi connectivity index (χ1) is 10.2. The Balaban J connectivity index is 1.85. The number of amidine groups is 1. The van der Waals surface area contributed by atoms with Gasteiger partial charge in [-0.2, -0.15) is 0 Å². The Kier molecular flexibility index (Phi) is 3.84. The molecule has 5 heteroatoms. The van der Waals surface area contributed by atoms with Gasteiger partial charge in [0.05, 0.1) is 4.47 Å². The fourth-order valence-electron chi connectivity index (χ4n) is 2.54. The first-order valence-electron chi connectivity index (χ1n) is 6.74. The maximum Gasteiger partial charge on any atom is 0.170 e. The summed E-state index contributed by atoms with van der Waals surface area (Å²) in [7, 11) is 0. The van der Waals surface area contributed by atoms with Crippen LogP contribution in [0.2, 0.25) is 0 Å². The molecule has 0 heterocycles. The van der Waals surface area contributed by atoms with Gasteiger partial charge in [0, 0.05) is 5.56 Å². The van der Waals surface area contributed by atoms with Gasteiger partial charge < -0.3 is 15.7 Å². The Hall–Kier alpha value is -2.01. The third kappa shape index (κ3) is 2.88. The molecule has 3 rings (SSSR count). The molecule has 0 aliphatic heterocycles. The summed E-state index contributed by atoms with van der Waals surface area (Å²) < 4.78 is 6.67. The van der Waals surface area contributed by atoms with Gasteiger partial charge in [-0.25, -0.2) is 0 Å². The van der Waals surface area contributed by atoms with Crippen LogP contribution in [0.15, 0.2) is 46.0 Å². The molecule has 0 aromatic heterocycles. The zero-order chi connectivity index (χ0) is 14.8. The molecule has 4 nitrogen and oxygen atoms in total. The minimum Gasteiger partial charge on any atom is -0.456 e. The van der Waals surface area contributed by atoms with E-state index in [0.29, 0.717) is 11.3 Å². The van der Waals surface area contributed by atoms with Crippen LogP contribution in [0.4, 0.5) is 0 Å². The largest absolute Gasteiger partial charge is 0.456 e. The van der Waals surface area contributed by atoms with Crippen LogP contribution in [0.3, 0.4) is 0 Å². The highest BCUT2D eigenvalue weighted by Crippen LogP contribution is 2.33. The van der Waals surface area contributed by atoms with Crippen molar-refractivity contribution >= 4 is 21.8 Å². The lowest BCUT2D eigenvalue weighted by molar-refractivity contribution is 0.318. The Morgan fingerprint density at radius 3 is 2.71 bits per heavy atom. The molecule has 0 saturated carbocycles. The molecule has 0 bridgehead atoms. The third-order valence-corrected chi connectivity index (χ3v) is 4.25. The van der Waals surface area contributed by atoms with Crippen molar-refractivity contribution in [3.8, 4) is 11.5 Å². The Morgan fingerprint density at radius 1 is 1.14 bits per heavy atom. The van der Waals surface area contributed by atoms with Crippen molar-refractivity contribution in [3.05, 3.63) is 57.6 Å². The van der Waals surface area contributed by atoms with E-state index in [0.717, 1.165) is 23.1 Å². The predicted molar refractivity (Wildman–Crippen MR) is 85.2 cm³/mol. The number of aryl methyl sites for hydroxylation is 2. The molecule has 2 aromatic carbocycles. The molecule has 3 N–H and O–H groups in total. The molecule has 1 aliphatic rings. The zero-order valence-electron chi connectivity index (χ0n) is 11.3. The topological polar surface area (TPSA) is 67.8 Å². The molecule has 0 atom stereocenters. The summed E-state index contributed by atoms with van der Waals surface area (Å²) in [5, 5.41) is 11.7. The predicted octanol–water partition coefficient (Wildman–Crippen LogP) is 3.82. The summed E-state index contributed by atoms with van der Waals surface area (Å²) in [5.41, 5.74) is 8.99. The van der Waals surface area contributed by atoms with Crippen molar-refractivity contribution in [2.24, 2.45) is 10.9 Å². The lowest BCUT2D eigenvalue weighted by atomic mass is 10.1. The minimum atomic E-state index is 0.0692. The molecule has 108 valence electrons. The van der Waals surface area contributed by atoms with Crippen LogP contribution in [0, 0.1) is 0 Å². The van der Waals surface area contributed by atoms with E-state index >= 15 is 0 Å². The van der Waals surface area contributed by atoms with Gasteiger partial charge in [-0.15, -0.1) is 0 Å². The summed E-state index contributed by atoms with van der Waals surface area (Å²) in [5.74, 6) is 1.59. The second-order valence-corrected chi connectivity index (χ2v) is 5.87. The van der Waals surface area contributed by atoms with Crippen LogP contribution in [-0.2, 0) is 12.8 Å². The molecule has 0 unspecified atom stereocenters. The maximum atomic E-state index is 8.69. The van der Waals surface area contributed by atoms with Crippen molar-refractivity contribution in [1.29, 1.82) is 0 Å². The molecule has 0 fully saturated rings. The van der Waals surface area contributed by atoms with E-state index in [1.54, 1.807) is 18.2 Å². The Morgan fingerprint density at radius 2 is 1.95 bits per heavy atom. The summed E-state index contributed by atoms with van der Waals surface area (Å²) in [4.78, 5) is 0. The monoisotopic (exact) mass is 346 g/mol. The molecule has 0 spiro atoms. The van der Waals surface area contributed by atoms with Gasteiger partial charge in [0.25, 0.3) is 0 Å². The molecule has 1 aliphatic carbocycles. The lowest BCUT2D eigenvalue weighted by Crippen LogP contribution is -2.12. The highest BCUT2D eigenvalue weighted by atomic mass is 79.9. The Bertz CT molecular complexity index is 713. The van der Waals surface area contributed by atoms with E-state index in [4.69, 9.17) is 15.7 Å². The van der Waals surface area contributed by atoms with Gasteiger partial charge in [-0.05, 0) is 76.7 Å². The number of benzene rings is 2. The van der Waals surface area contributed by atoms with Crippen molar-refractivity contribution in [2.45, 2.75) is 19.3 Å². The SMILES string of the molecule is N/C(=N/O)c1ccc(Oc2ccc3c(c2)CCC3)c(Br)c1. The highest BCUT2D eigenvalue weighted by Gasteiger charge is 2.12. The minimum absolute atomic E-state index is 0.0692. The number of hydrogen-bond acceptors (Lipinski definition) is 3. The molecule has 0 radical (unpaired) electrons. The zero-order valence-corrected chi connectivity index (χ0v) is 12.9. The summed E-state index contributed by atoms with van der Waals surface area (Å²) >= 11 is 3.45. The first-order valence-corrected chi connectivity index (χ1v) is 7.54. The molecule has 2 aromatic rings. The summed E-state index contributed by atoms with van der Waals surface area (Å²) in [6.45, 7) is 0. The average molecular weight is 347 g/mol. The van der Waals surface area contributed by atoms with Crippen LogP contribution in [-0.4, -0.2) is 11.0 Å². The molecular formula is C16H15BrN2O2. The molecule has 21 heavy (non-hydrogen) atoms. The Labute approximate surface area is 131 Å². The fourth-order valence-corrected chi connectivity index (χ4v) is 3.00. The van der Waals surface area contributed by atoms with Gasteiger partial charge >= 0.3 is 0 Å². The van der Waals surface area contributed by atoms with E-state index in [-0.39, 0.29) is 5.84 Å². The highest BCUT2D eigenvalue weighted by molar-refractivity contribution is 9.10. The number of rotatable bonds is 3. The van der Waals surface area contributed by atoms with Gasteiger partial charge in [0.1, 0.15) is 11.5 Å². The number of nitrogens with two attached hydrogens (primary N) is 1. The van der Waals surface area contributed by atoms with E-state index in [9.17, 15) is 0 Å². The quantitative estimate of drug-likeness (QED) is 0.384. The van der Waals surface area contributed by atoms with Gasteiger partial charge in [0.15, 0.2) is 5.84 Å². The van der Waals surface area contributed by atoms with Crippen LogP contribution < -0.4 is 10.5 Å². The van der Waals surface area contributed by atoms with Crippen molar-refractivity contribution in [3.63, 3.8) is 0 Å². The standard InChI is InChI=1S/C16H15BrN2O2/c17-14-9-12(16(18)19-20)5-7-15(14)21-13-6-4-10-2-1-3-11(10)8-13/h4-9,20H,1-3H2,(H2,18,19). The second-order valence-electron chi connectivity index (χ2n) is 5.02. The number of nitrogens with zero attached hydrogens (tertiary/aromatic N) is 1. The fraction of sp³-hybridized carbons (Fsp3) is 0.188. The van der Waals surface area contributed by atoms with E-state index in [1.807, 2.05) is 6.07 Å². The van der Waals surface area contributed by atoms with Crippen molar-refractivity contribution < 1.29 is 9.94 Å². The van der Waals surface area contributed by atoms with E-state index in [2.05, 4.69) is 33.2 Å². The van der Waals surface area contributed by atoms with Crippen molar-refractivity contribution in [2.75, 3.05) is 0 Å². The summed E-state index contributed by atoms with van der Waals surface area (Å²) in [6, 6.07) is 11.5. The molecule has 0 saturated heterocycles. The summed E-state index contributed by atoms with van der Waals surface area (Å²) in [6.07, 6.45) is 3.50.